The van der Waals surface area contributed by atoms with Crippen LogP contribution in [-0.2, 0) is 13.1 Å². The van der Waals surface area contributed by atoms with E-state index in [0.29, 0.717) is 18.8 Å². The van der Waals surface area contributed by atoms with Crippen molar-refractivity contribution in [2.75, 3.05) is 26.0 Å². The third-order valence-corrected chi connectivity index (χ3v) is 3.01. The van der Waals surface area contributed by atoms with Crippen LogP contribution in [0.4, 0.5) is 5.69 Å². The summed E-state index contributed by atoms with van der Waals surface area (Å²) in [6.07, 6.45) is 3.32. The standard InChI is InChI=1S/C15H21N5O/c1-19(2)9-12-5-3-4-6-13(12)18-15(21)14-10-20(8-7-16)11-17-14/h3-6,10-11H,7-9,16H2,1-2H3,(H,18,21). The van der Waals surface area contributed by atoms with Crippen LogP contribution in [0.5, 0.6) is 0 Å². The highest BCUT2D eigenvalue weighted by Gasteiger charge is 2.12. The second kappa shape index (κ2) is 7.01. The summed E-state index contributed by atoms with van der Waals surface area (Å²) in [5.41, 5.74) is 7.75. The second-order valence-electron chi connectivity index (χ2n) is 5.13. The molecule has 1 aromatic carbocycles. The van der Waals surface area contributed by atoms with Gasteiger partial charge in [0.05, 0.1) is 6.33 Å². The fraction of sp³-hybridized carbons (Fsp3) is 0.333. The van der Waals surface area contributed by atoms with Crippen molar-refractivity contribution in [3.05, 3.63) is 48.0 Å². The number of nitrogens with one attached hydrogen (secondary N) is 1. The summed E-state index contributed by atoms with van der Waals surface area (Å²) < 4.78 is 1.81. The molecule has 1 amide bonds. The zero-order valence-electron chi connectivity index (χ0n) is 12.4. The van der Waals surface area contributed by atoms with Crippen LogP contribution in [0.15, 0.2) is 36.8 Å². The molecule has 6 heteroatoms. The minimum Gasteiger partial charge on any atom is -0.335 e. The van der Waals surface area contributed by atoms with Gasteiger partial charge in [-0.1, -0.05) is 18.2 Å². The first-order valence-corrected chi connectivity index (χ1v) is 6.86. The highest BCUT2D eigenvalue weighted by Crippen LogP contribution is 2.17. The van der Waals surface area contributed by atoms with Crippen LogP contribution in [0, 0.1) is 0 Å². The molecule has 2 rings (SSSR count). The Hall–Kier alpha value is -2.18. The Bertz CT molecular complexity index is 606. The van der Waals surface area contributed by atoms with Gasteiger partial charge < -0.3 is 20.5 Å². The van der Waals surface area contributed by atoms with Crippen LogP contribution in [-0.4, -0.2) is 41.0 Å². The van der Waals surface area contributed by atoms with Crippen molar-refractivity contribution in [2.45, 2.75) is 13.1 Å². The van der Waals surface area contributed by atoms with E-state index in [4.69, 9.17) is 5.73 Å². The average molecular weight is 287 g/mol. The van der Waals surface area contributed by atoms with Crippen LogP contribution in [0.1, 0.15) is 16.1 Å². The van der Waals surface area contributed by atoms with Gasteiger partial charge >= 0.3 is 0 Å². The highest BCUT2D eigenvalue weighted by atomic mass is 16.1. The molecule has 112 valence electrons. The zero-order chi connectivity index (χ0) is 15.2. The second-order valence-corrected chi connectivity index (χ2v) is 5.13. The van der Waals surface area contributed by atoms with E-state index in [9.17, 15) is 4.79 Å². The van der Waals surface area contributed by atoms with Crippen LogP contribution in [0.2, 0.25) is 0 Å². The number of carbonyl (C=O) groups excluding carboxylic acids is 1. The predicted molar refractivity (Wildman–Crippen MR) is 83.1 cm³/mol. The molecule has 0 unspecified atom stereocenters. The Labute approximate surface area is 124 Å². The first kappa shape index (κ1) is 15.2. The molecule has 0 bridgehead atoms. The average Bonchev–Trinajstić information content (AvgIpc) is 2.89. The molecule has 0 aliphatic heterocycles. The molecule has 0 aliphatic carbocycles. The van der Waals surface area contributed by atoms with E-state index in [-0.39, 0.29) is 5.91 Å². The number of rotatable bonds is 6. The monoisotopic (exact) mass is 287 g/mol. The summed E-state index contributed by atoms with van der Waals surface area (Å²) in [5.74, 6) is -0.211. The molecule has 0 saturated carbocycles. The molecule has 1 aromatic heterocycles. The van der Waals surface area contributed by atoms with Crippen molar-refractivity contribution in [1.82, 2.24) is 14.5 Å². The number of hydrogen-bond acceptors (Lipinski definition) is 4. The fourth-order valence-electron chi connectivity index (χ4n) is 2.06. The molecular weight excluding hydrogens is 266 g/mol. The third kappa shape index (κ3) is 4.14. The Morgan fingerprint density at radius 2 is 2.14 bits per heavy atom. The van der Waals surface area contributed by atoms with Crippen molar-refractivity contribution < 1.29 is 4.79 Å². The van der Waals surface area contributed by atoms with Gasteiger partial charge in [0.15, 0.2) is 0 Å². The smallest absolute Gasteiger partial charge is 0.275 e. The molecule has 0 radical (unpaired) electrons. The summed E-state index contributed by atoms with van der Waals surface area (Å²) in [6.45, 7) is 1.93. The van der Waals surface area contributed by atoms with Crippen LogP contribution in [0.25, 0.3) is 0 Å². The van der Waals surface area contributed by atoms with Crippen molar-refractivity contribution in [3.63, 3.8) is 0 Å². The van der Waals surface area contributed by atoms with Gasteiger partial charge in [-0.15, -0.1) is 0 Å². The lowest BCUT2D eigenvalue weighted by Gasteiger charge is -2.14. The van der Waals surface area contributed by atoms with Gasteiger partial charge in [-0.2, -0.15) is 0 Å². The Morgan fingerprint density at radius 3 is 2.86 bits per heavy atom. The SMILES string of the molecule is CN(C)Cc1ccccc1NC(=O)c1cn(CCN)cn1. The Kier molecular flexibility index (Phi) is 5.08. The van der Waals surface area contributed by atoms with Crippen molar-refractivity contribution >= 4 is 11.6 Å². The van der Waals surface area contributed by atoms with E-state index < -0.39 is 0 Å². The summed E-state index contributed by atoms with van der Waals surface area (Å²) in [4.78, 5) is 18.4. The first-order chi connectivity index (χ1) is 10.1. The number of nitrogens with zero attached hydrogens (tertiary/aromatic N) is 3. The molecule has 6 nitrogen and oxygen atoms in total. The minimum absolute atomic E-state index is 0.211. The summed E-state index contributed by atoms with van der Waals surface area (Å²) >= 11 is 0. The molecule has 0 saturated heterocycles. The molecular formula is C15H21N5O. The molecule has 3 N–H and O–H groups in total. The molecule has 21 heavy (non-hydrogen) atoms. The van der Waals surface area contributed by atoms with Crippen LogP contribution in [0.3, 0.4) is 0 Å². The maximum absolute atomic E-state index is 12.2. The van der Waals surface area contributed by atoms with Gasteiger partial charge in [0.1, 0.15) is 5.69 Å². The first-order valence-electron chi connectivity index (χ1n) is 6.86. The molecule has 0 aliphatic rings. The topological polar surface area (TPSA) is 76.2 Å². The number of aromatic nitrogens is 2. The lowest BCUT2D eigenvalue weighted by atomic mass is 10.1. The zero-order valence-corrected chi connectivity index (χ0v) is 12.4. The van der Waals surface area contributed by atoms with Gasteiger partial charge in [0.25, 0.3) is 5.91 Å². The predicted octanol–water partition coefficient (Wildman–Crippen LogP) is 1.16. The Morgan fingerprint density at radius 1 is 1.38 bits per heavy atom. The third-order valence-electron chi connectivity index (χ3n) is 3.01. The molecule has 0 atom stereocenters. The lowest BCUT2D eigenvalue weighted by Crippen LogP contribution is -2.17. The minimum atomic E-state index is -0.211. The molecule has 2 aromatic rings. The number of hydrogen-bond donors (Lipinski definition) is 2. The van der Waals surface area contributed by atoms with E-state index in [2.05, 4.69) is 15.2 Å². The van der Waals surface area contributed by atoms with Crippen LogP contribution < -0.4 is 11.1 Å². The number of anilines is 1. The van der Waals surface area contributed by atoms with E-state index in [0.717, 1.165) is 17.8 Å². The van der Waals surface area contributed by atoms with Gasteiger partial charge in [-0.3, -0.25) is 4.79 Å². The van der Waals surface area contributed by atoms with Crippen molar-refractivity contribution in [3.8, 4) is 0 Å². The maximum atomic E-state index is 12.2. The molecule has 1 heterocycles. The maximum Gasteiger partial charge on any atom is 0.275 e. The van der Waals surface area contributed by atoms with Gasteiger partial charge in [0, 0.05) is 31.5 Å². The van der Waals surface area contributed by atoms with E-state index in [1.807, 2.05) is 38.4 Å². The summed E-state index contributed by atoms with van der Waals surface area (Å²) in [5, 5.41) is 2.91. The van der Waals surface area contributed by atoms with Crippen LogP contribution >= 0.6 is 0 Å². The fourth-order valence-corrected chi connectivity index (χ4v) is 2.06. The molecule has 0 spiro atoms. The Balaban J connectivity index is 2.11. The van der Waals surface area contributed by atoms with Gasteiger partial charge in [-0.25, -0.2) is 4.98 Å². The quantitative estimate of drug-likeness (QED) is 0.836. The summed E-state index contributed by atoms with van der Waals surface area (Å²) in [6, 6.07) is 7.77. The number of nitrogens with two attached hydrogens (primary N) is 1. The van der Waals surface area contributed by atoms with Crippen molar-refractivity contribution in [2.24, 2.45) is 5.73 Å². The molecule has 0 fully saturated rings. The number of benzene rings is 1. The summed E-state index contributed by atoms with van der Waals surface area (Å²) in [7, 11) is 3.99. The number of para-hydroxylation sites is 1. The lowest BCUT2D eigenvalue weighted by molar-refractivity contribution is 0.102. The number of carbonyl (C=O) groups is 1. The van der Waals surface area contributed by atoms with Crippen molar-refractivity contribution in [1.29, 1.82) is 0 Å². The number of imidazole rings is 1. The highest BCUT2D eigenvalue weighted by molar-refractivity contribution is 6.03. The van der Waals surface area contributed by atoms with Gasteiger partial charge in [0.2, 0.25) is 0 Å². The normalized spacial score (nSPS) is 10.9. The van der Waals surface area contributed by atoms with Gasteiger partial charge in [-0.05, 0) is 25.7 Å². The van der Waals surface area contributed by atoms with E-state index in [1.54, 1.807) is 17.1 Å². The number of amides is 1. The van der Waals surface area contributed by atoms with E-state index >= 15 is 0 Å². The van der Waals surface area contributed by atoms with E-state index in [1.165, 1.54) is 0 Å². The largest absolute Gasteiger partial charge is 0.335 e.